The average molecular weight is 300 g/mol. The van der Waals surface area contributed by atoms with Crippen LogP contribution in [0.1, 0.15) is 35.1 Å². The topological polar surface area (TPSA) is 12.0 Å². The highest BCUT2D eigenvalue weighted by Gasteiger charge is 2.21. The molecular formula is C19H22ClN. The fourth-order valence-electron chi connectivity index (χ4n) is 2.76. The minimum atomic E-state index is 0.706. The highest BCUT2D eigenvalue weighted by atomic mass is 35.5. The number of rotatable bonds is 4. The van der Waals surface area contributed by atoms with E-state index in [9.17, 15) is 0 Å². The molecule has 0 amide bonds. The van der Waals surface area contributed by atoms with E-state index in [1.165, 1.54) is 46.2 Å². The van der Waals surface area contributed by atoms with Crippen molar-refractivity contribution in [2.45, 2.75) is 46.2 Å². The van der Waals surface area contributed by atoms with Crippen LogP contribution in [-0.2, 0) is 6.54 Å². The molecule has 0 saturated heterocycles. The van der Waals surface area contributed by atoms with Crippen LogP contribution in [0.5, 0.6) is 0 Å². The summed E-state index contributed by atoms with van der Waals surface area (Å²) in [6.07, 6.45) is 2.61. The number of nitrogens with one attached hydrogen (secondary N) is 1. The lowest BCUT2D eigenvalue weighted by Crippen LogP contribution is -2.16. The molecule has 0 unspecified atom stereocenters. The van der Waals surface area contributed by atoms with Crippen molar-refractivity contribution in [2.75, 3.05) is 0 Å². The van der Waals surface area contributed by atoms with Crippen LogP contribution in [0.2, 0.25) is 5.02 Å². The molecule has 2 heteroatoms. The van der Waals surface area contributed by atoms with Crippen LogP contribution in [0, 0.1) is 20.8 Å². The summed E-state index contributed by atoms with van der Waals surface area (Å²) in [5.74, 6) is 0. The Kier molecular flexibility index (Phi) is 4.05. The molecule has 1 fully saturated rings. The average Bonchev–Trinajstić information content (AvgIpc) is 3.25. The predicted octanol–water partition coefficient (Wildman–Crippen LogP) is 5.18. The summed E-state index contributed by atoms with van der Waals surface area (Å²) in [5, 5.41) is 4.41. The van der Waals surface area contributed by atoms with Gasteiger partial charge < -0.3 is 5.32 Å². The van der Waals surface area contributed by atoms with E-state index in [0.29, 0.717) is 6.04 Å². The lowest BCUT2D eigenvalue weighted by atomic mass is 9.92. The molecule has 0 aliphatic heterocycles. The van der Waals surface area contributed by atoms with Gasteiger partial charge in [-0.25, -0.2) is 0 Å². The Morgan fingerprint density at radius 2 is 1.67 bits per heavy atom. The van der Waals surface area contributed by atoms with Crippen molar-refractivity contribution in [3.8, 4) is 11.1 Å². The lowest BCUT2D eigenvalue weighted by molar-refractivity contribution is 0.689. The smallest absolute Gasteiger partial charge is 0.0409 e. The zero-order chi connectivity index (χ0) is 15.0. The molecule has 0 bridgehead atoms. The fraction of sp³-hybridized carbons (Fsp3) is 0.368. The molecule has 3 rings (SSSR count). The van der Waals surface area contributed by atoms with Crippen molar-refractivity contribution in [2.24, 2.45) is 0 Å². The molecule has 2 aromatic carbocycles. The zero-order valence-electron chi connectivity index (χ0n) is 13.0. The number of hydrogen-bond donors (Lipinski definition) is 1. The van der Waals surface area contributed by atoms with Gasteiger partial charge in [-0.05, 0) is 79.1 Å². The third-order valence-electron chi connectivity index (χ3n) is 4.36. The Morgan fingerprint density at radius 1 is 0.952 bits per heavy atom. The van der Waals surface area contributed by atoms with Gasteiger partial charge in [0.15, 0.2) is 0 Å². The Bertz CT molecular complexity index is 672. The van der Waals surface area contributed by atoms with Gasteiger partial charge in [0.1, 0.15) is 0 Å². The van der Waals surface area contributed by atoms with E-state index >= 15 is 0 Å². The molecule has 0 heterocycles. The van der Waals surface area contributed by atoms with Gasteiger partial charge in [-0.3, -0.25) is 0 Å². The minimum Gasteiger partial charge on any atom is -0.310 e. The molecule has 1 aliphatic carbocycles. The van der Waals surface area contributed by atoms with Crippen molar-refractivity contribution < 1.29 is 0 Å². The monoisotopic (exact) mass is 299 g/mol. The van der Waals surface area contributed by atoms with Gasteiger partial charge in [0.2, 0.25) is 0 Å². The van der Waals surface area contributed by atoms with Gasteiger partial charge in [-0.1, -0.05) is 29.8 Å². The van der Waals surface area contributed by atoms with Gasteiger partial charge >= 0.3 is 0 Å². The highest BCUT2D eigenvalue weighted by Crippen LogP contribution is 2.31. The molecule has 0 atom stereocenters. The Morgan fingerprint density at radius 3 is 2.38 bits per heavy atom. The summed E-state index contributed by atoms with van der Waals surface area (Å²) in [4.78, 5) is 0. The minimum absolute atomic E-state index is 0.706. The molecule has 0 radical (unpaired) electrons. The van der Waals surface area contributed by atoms with Crippen LogP contribution in [-0.4, -0.2) is 6.04 Å². The van der Waals surface area contributed by atoms with Crippen LogP contribution in [0.3, 0.4) is 0 Å². The number of aryl methyl sites for hydroxylation is 3. The van der Waals surface area contributed by atoms with Gasteiger partial charge in [0, 0.05) is 17.6 Å². The maximum absolute atomic E-state index is 6.20. The predicted molar refractivity (Wildman–Crippen MR) is 91.0 cm³/mol. The molecule has 110 valence electrons. The normalized spacial score (nSPS) is 14.5. The van der Waals surface area contributed by atoms with Gasteiger partial charge in [-0.2, -0.15) is 0 Å². The molecule has 2 aromatic rings. The van der Waals surface area contributed by atoms with Crippen LogP contribution >= 0.6 is 11.6 Å². The molecule has 1 saturated carbocycles. The van der Waals surface area contributed by atoms with Crippen molar-refractivity contribution >= 4 is 11.6 Å². The maximum atomic E-state index is 6.20. The van der Waals surface area contributed by atoms with Crippen molar-refractivity contribution in [1.82, 2.24) is 5.32 Å². The molecule has 1 aliphatic rings. The molecule has 0 aromatic heterocycles. The maximum Gasteiger partial charge on any atom is 0.0409 e. The Labute approximate surface area is 132 Å². The summed E-state index contributed by atoms with van der Waals surface area (Å²) in [6.45, 7) is 7.43. The SMILES string of the molecule is Cc1cc(C)c(-c2ccc(Cl)cc2CNC2CC2)cc1C. The van der Waals surface area contributed by atoms with E-state index in [-0.39, 0.29) is 0 Å². The summed E-state index contributed by atoms with van der Waals surface area (Å²) in [5.41, 5.74) is 7.93. The lowest BCUT2D eigenvalue weighted by Gasteiger charge is -2.15. The summed E-state index contributed by atoms with van der Waals surface area (Å²) >= 11 is 6.20. The molecule has 1 nitrogen and oxygen atoms in total. The second-order valence-corrected chi connectivity index (χ2v) is 6.64. The molecule has 0 spiro atoms. The standard InChI is InChI=1S/C19H22ClN/c1-12-8-14(3)19(9-13(12)2)18-7-4-16(20)10-15(18)11-21-17-5-6-17/h4,7-10,17,21H,5-6,11H2,1-3H3. The second kappa shape index (κ2) is 5.82. The third kappa shape index (κ3) is 3.30. The quantitative estimate of drug-likeness (QED) is 0.820. The van der Waals surface area contributed by atoms with Crippen LogP contribution in [0.15, 0.2) is 30.3 Å². The van der Waals surface area contributed by atoms with E-state index in [2.05, 4.69) is 50.4 Å². The van der Waals surface area contributed by atoms with Crippen LogP contribution < -0.4 is 5.32 Å². The molecule has 21 heavy (non-hydrogen) atoms. The van der Waals surface area contributed by atoms with Crippen molar-refractivity contribution in [3.05, 3.63) is 57.6 Å². The summed E-state index contributed by atoms with van der Waals surface area (Å²) < 4.78 is 0. The summed E-state index contributed by atoms with van der Waals surface area (Å²) in [6, 6.07) is 11.5. The number of benzene rings is 2. The Balaban J connectivity index is 2.02. The van der Waals surface area contributed by atoms with Gasteiger partial charge in [0.25, 0.3) is 0 Å². The van der Waals surface area contributed by atoms with E-state index in [4.69, 9.17) is 11.6 Å². The zero-order valence-corrected chi connectivity index (χ0v) is 13.7. The van der Waals surface area contributed by atoms with Crippen LogP contribution in [0.4, 0.5) is 0 Å². The largest absolute Gasteiger partial charge is 0.310 e. The molecular weight excluding hydrogens is 278 g/mol. The van der Waals surface area contributed by atoms with Crippen molar-refractivity contribution in [1.29, 1.82) is 0 Å². The van der Waals surface area contributed by atoms with E-state index < -0.39 is 0 Å². The molecule has 1 N–H and O–H groups in total. The second-order valence-electron chi connectivity index (χ2n) is 6.21. The fourth-order valence-corrected chi connectivity index (χ4v) is 2.96. The van der Waals surface area contributed by atoms with Crippen molar-refractivity contribution in [3.63, 3.8) is 0 Å². The first-order chi connectivity index (χ1) is 10.0. The van der Waals surface area contributed by atoms with Gasteiger partial charge in [0.05, 0.1) is 0 Å². The van der Waals surface area contributed by atoms with E-state index in [1.807, 2.05) is 6.07 Å². The first-order valence-electron chi connectivity index (χ1n) is 7.64. The number of hydrogen-bond acceptors (Lipinski definition) is 1. The van der Waals surface area contributed by atoms with E-state index in [0.717, 1.165) is 11.6 Å². The first-order valence-corrected chi connectivity index (χ1v) is 8.02. The third-order valence-corrected chi connectivity index (χ3v) is 4.59. The Hall–Kier alpha value is -1.31. The number of halogens is 1. The summed E-state index contributed by atoms with van der Waals surface area (Å²) in [7, 11) is 0. The van der Waals surface area contributed by atoms with Crippen LogP contribution in [0.25, 0.3) is 11.1 Å². The first kappa shape index (κ1) is 14.6. The van der Waals surface area contributed by atoms with E-state index in [1.54, 1.807) is 0 Å². The highest BCUT2D eigenvalue weighted by molar-refractivity contribution is 6.30. The van der Waals surface area contributed by atoms with Gasteiger partial charge in [-0.15, -0.1) is 0 Å².